The van der Waals surface area contributed by atoms with Crippen LogP contribution in [0.15, 0.2) is 60.8 Å². The predicted octanol–water partition coefficient (Wildman–Crippen LogP) is 21.9. The molecule has 0 amide bonds. The van der Waals surface area contributed by atoms with E-state index in [1.807, 2.05) is 0 Å². The molecule has 0 aromatic rings. The molecule has 0 fully saturated rings. The van der Waals surface area contributed by atoms with Crippen molar-refractivity contribution in [2.45, 2.75) is 341 Å². The van der Waals surface area contributed by atoms with Gasteiger partial charge in [0.2, 0.25) is 0 Å². The van der Waals surface area contributed by atoms with Crippen LogP contribution in [-0.2, 0) is 32.7 Å². The molecular formula is C69H128NO8P. The number of esters is 2. The highest BCUT2D eigenvalue weighted by atomic mass is 31.2. The number of carbonyl (C=O) groups excluding carboxylic acids is 2. The summed E-state index contributed by atoms with van der Waals surface area (Å²) in [7, 11) is -4.39. The van der Waals surface area contributed by atoms with Gasteiger partial charge >= 0.3 is 19.8 Å². The average molecular weight is 1130 g/mol. The van der Waals surface area contributed by atoms with Gasteiger partial charge in [-0.25, -0.2) is 4.57 Å². The summed E-state index contributed by atoms with van der Waals surface area (Å²) < 4.78 is 33.1. The standard InChI is InChI=1S/C69H128NO8P/c1-3-5-7-9-11-13-15-17-19-21-23-25-26-27-28-29-30-31-32-33-34-35-36-37-38-39-40-42-43-45-47-49-51-53-55-57-59-61-68(71)75-65-67(66-77-79(73,74)76-64-63-70)78-69(72)62-60-58-56-54-52-50-48-46-44-41-24-22-20-18-16-14-12-10-8-6-4-2/h6,8,12,14,18,20-21,23-24,41,67H,3-5,7,9-11,13,15-17,19,22,25-40,42-66,70H2,1-2H3,(H,73,74)/b8-6-,14-12-,20-18-,23-21-,41-24-. The van der Waals surface area contributed by atoms with Crippen LogP contribution in [0.25, 0.3) is 0 Å². The van der Waals surface area contributed by atoms with E-state index in [1.54, 1.807) is 0 Å². The third-order valence-corrected chi connectivity index (χ3v) is 15.9. The maximum Gasteiger partial charge on any atom is 0.472 e. The topological polar surface area (TPSA) is 134 Å². The van der Waals surface area contributed by atoms with E-state index in [-0.39, 0.29) is 38.6 Å². The van der Waals surface area contributed by atoms with Crippen LogP contribution in [0.2, 0.25) is 0 Å². The molecule has 0 rings (SSSR count). The van der Waals surface area contributed by atoms with E-state index in [1.165, 1.54) is 231 Å². The highest BCUT2D eigenvalue weighted by molar-refractivity contribution is 7.47. The monoisotopic (exact) mass is 1130 g/mol. The quantitative estimate of drug-likeness (QED) is 0.0264. The second kappa shape index (κ2) is 64.9. The van der Waals surface area contributed by atoms with Gasteiger partial charge in [0.05, 0.1) is 13.2 Å². The largest absolute Gasteiger partial charge is 0.472 e. The lowest BCUT2D eigenvalue weighted by Crippen LogP contribution is -2.29. The van der Waals surface area contributed by atoms with E-state index >= 15 is 0 Å². The van der Waals surface area contributed by atoms with Crippen molar-refractivity contribution < 1.29 is 37.6 Å². The van der Waals surface area contributed by atoms with Gasteiger partial charge in [0.15, 0.2) is 6.10 Å². The molecule has 0 radical (unpaired) electrons. The molecule has 0 aliphatic carbocycles. The van der Waals surface area contributed by atoms with Crippen molar-refractivity contribution >= 4 is 19.8 Å². The lowest BCUT2D eigenvalue weighted by atomic mass is 10.0. The normalized spacial score (nSPS) is 13.3. The summed E-state index contributed by atoms with van der Waals surface area (Å²) in [5.41, 5.74) is 5.39. The molecule has 462 valence electrons. The molecule has 0 saturated carbocycles. The van der Waals surface area contributed by atoms with Gasteiger partial charge in [0.1, 0.15) is 6.61 Å². The van der Waals surface area contributed by atoms with Crippen LogP contribution >= 0.6 is 7.82 Å². The first-order valence-electron chi connectivity index (χ1n) is 33.8. The summed E-state index contributed by atoms with van der Waals surface area (Å²) in [6.45, 7) is 3.67. The number of allylic oxidation sites excluding steroid dienone is 10. The molecule has 0 aromatic carbocycles. The van der Waals surface area contributed by atoms with Gasteiger partial charge in [-0.2, -0.15) is 0 Å². The Morgan fingerprint density at radius 1 is 0.392 bits per heavy atom. The fourth-order valence-electron chi connectivity index (χ4n) is 9.92. The zero-order valence-corrected chi connectivity index (χ0v) is 52.8. The Kier molecular flexibility index (Phi) is 63.0. The van der Waals surface area contributed by atoms with Crippen molar-refractivity contribution in [3.63, 3.8) is 0 Å². The number of rotatable bonds is 64. The summed E-state index contributed by atoms with van der Waals surface area (Å²) >= 11 is 0. The van der Waals surface area contributed by atoms with E-state index < -0.39 is 26.5 Å². The van der Waals surface area contributed by atoms with Gasteiger partial charge in [0.25, 0.3) is 0 Å². The van der Waals surface area contributed by atoms with Crippen molar-refractivity contribution in [1.82, 2.24) is 0 Å². The lowest BCUT2D eigenvalue weighted by Gasteiger charge is -2.19. The minimum absolute atomic E-state index is 0.0513. The molecule has 0 spiro atoms. The molecular weight excluding hydrogens is 1000 g/mol. The Hall–Kier alpha value is -2.29. The summed E-state index contributed by atoms with van der Waals surface area (Å²) in [5, 5.41) is 0. The average Bonchev–Trinajstić information content (AvgIpc) is 3.44. The number of phosphoric acid groups is 1. The van der Waals surface area contributed by atoms with Crippen LogP contribution in [0.1, 0.15) is 335 Å². The third-order valence-electron chi connectivity index (χ3n) is 14.9. The summed E-state index contributed by atoms with van der Waals surface area (Å²) in [4.78, 5) is 35.3. The predicted molar refractivity (Wildman–Crippen MR) is 340 cm³/mol. The lowest BCUT2D eigenvalue weighted by molar-refractivity contribution is -0.161. The molecule has 2 atom stereocenters. The van der Waals surface area contributed by atoms with E-state index in [9.17, 15) is 19.0 Å². The molecule has 0 saturated heterocycles. The van der Waals surface area contributed by atoms with E-state index in [0.717, 1.165) is 70.6 Å². The number of nitrogens with two attached hydrogens (primary N) is 1. The number of carbonyl (C=O) groups is 2. The third kappa shape index (κ3) is 64.7. The van der Waals surface area contributed by atoms with E-state index in [4.69, 9.17) is 24.3 Å². The van der Waals surface area contributed by atoms with Crippen LogP contribution in [-0.4, -0.2) is 49.3 Å². The Morgan fingerprint density at radius 3 is 1.05 bits per heavy atom. The minimum Gasteiger partial charge on any atom is -0.462 e. The first-order valence-corrected chi connectivity index (χ1v) is 35.3. The molecule has 3 N–H and O–H groups in total. The maximum atomic E-state index is 12.7. The molecule has 0 aliphatic heterocycles. The van der Waals surface area contributed by atoms with Crippen LogP contribution < -0.4 is 5.73 Å². The molecule has 79 heavy (non-hydrogen) atoms. The van der Waals surface area contributed by atoms with Gasteiger partial charge < -0.3 is 20.1 Å². The molecule has 0 bridgehead atoms. The van der Waals surface area contributed by atoms with Crippen molar-refractivity contribution in [3.8, 4) is 0 Å². The maximum absolute atomic E-state index is 12.7. The van der Waals surface area contributed by atoms with Gasteiger partial charge in [-0.1, -0.05) is 306 Å². The minimum atomic E-state index is -4.39. The van der Waals surface area contributed by atoms with Crippen LogP contribution in [0.5, 0.6) is 0 Å². The Bertz CT molecular complexity index is 1480. The van der Waals surface area contributed by atoms with Crippen molar-refractivity contribution in [2.24, 2.45) is 5.73 Å². The van der Waals surface area contributed by atoms with Crippen LogP contribution in [0.3, 0.4) is 0 Å². The van der Waals surface area contributed by atoms with Gasteiger partial charge in [-0.3, -0.25) is 18.6 Å². The van der Waals surface area contributed by atoms with Crippen LogP contribution in [0.4, 0.5) is 0 Å². The highest BCUT2D eigenvalue weighted by Crippen LogP contribution is 2.43. The summed E-state index contributed by atoms with van der Waals surface area (Å²) in [5.74, 6) is -0.825. The molecule has 2 unspecified atom stereocenters. The number of unbranched alkanes of at least 4 members (excludes halogenated alkanes) is 41. The molecule has 0 aromatic heterocycles. The second-order valence-electron chi connectivity index (χ2n) is 22.7. The molecule has 0 heterocycles. The number of hydrogen-bond acceptors (Lipinski definition) is 8. The smallest absolute Gasteiger partial charge is 0.462 e. The molecule has 9 nitrogen and oxygen atoms in total. The number of hydrogen-bond donors (Lipinski definition) is 2. The first-order chi connectivity index (χ1) is 38.8. The first kappa shape index (κ1) is 76.7. The summed E-state index contributed by atoms with van der Waals surface area (Å²) in [6, 6.07) is 0. The Balaban J connectivity index is 3.80. The fourth-order valence-corrected chi connectivity index (χ4v) is 10.7. The van der Waals surface area contributed by atoms with Crippen LogP contribution in [0, 0.1) is 0 Å². The van der Waals surface area contributed by atoms with E-state index in [2.05, 4.69) is 74.6 Å². The van der Waals surface area contributed by atoms with Crippen molar-refractivity contribution in [2.75, 3.05) is 26.4 Å². The molecule has 0 aliphatic rings. The second-order valence-corrected chi connectivity index (χ2v) is 24.1. The SMILES string of the molecule is CC/C=C\C/C=C\C/C=C\C/C=C\CCCCCCCCCCC(=O)OC(COC(=O)CCCCCCCCCCCCCCCCCCCCCCCCCCC/C=C\CCCCCCCCCC)COP(=O)(O)OCCN. The fraction of sp³-hybridized carbons (Fsp3) is 0.826. The van der Waals surface area contributed by atoms with Gasteiger partial charge in [-0.15, -0.1) is 0 Å². The number of phosphoric ester groups is 1. The highest BCUT2D eigenvalue weighted by Gasteiger charge is 2.26. The molecule has 10 heteroatoms. The van der Waals surface area contributed by atoms with Gasteiger partial charge in [-0.05, 0) is 77.0 Å². The van der Waals surface area contributed by atoms with Crippen molar-refractivity contribution in [1.29, 1.82) is 0 Å². The Labute approximate surface area is 489 Å². The summed E-state index contributed by atoms with van der Waals surface area (Å²) in [6.07, 6.45) is 83.2. The van der Waals surface area contributed by atoms with Crippen molar-refractivity contribution in [3.05, 3.63) is 60.8 Å². The van der Waals surface area contributed by atoms with Gasteiger partial charge in [0, 0.05) is 19.4 Å². The Morgan fingerprint density at radius 2 is 0.696 bits per heavy atom. The zero-order valence-electron chi connectivity index (χ0n) is 51.9. The zero-order chi connectivity index (χ0) is 57.3. The van der Waals surface area contributed by atoms with E-state index in [0.29, 0.717) is 6.42 Å². The number of ether oxygens (including phenoxy) is 2.